The highest BCUT2D eigenvalue weighted by Gasteiger charge is 2.39. The monoisotopic (exact) mass is 281 g/mol. The van der Waals surface area contributed by atoms with Gasteiger partial charge in [-0.2, -0.15) is 0 Å². The van der Waals surface area contributed by atoms with E-state index in [0.29, 0.717) is 28.6 Å². The number of likely N-dealkylation sites (tertiary alicyclic amines) is 1. The molecule has 104 valence electrons. The summed E-state index contributed by atoms with van der Waals surface area (Å²) >= 11 is 5.95. The summed E-state index contributed by atoms with van der Waals surface area (Å²) in [5.41, 5.74) is 6.70. The molecule has 5 heteroatoms. The molecule has 2 aliphatic rings. The van der Waals surface area contributed by atoms with Gasteiger partial charge in [0.2, 0.25) is 0 Å². The molecule has 0 aromatic carbocycles. The van der Waals surface area contributed by atoms with Crippen LogP contribution in [-0.4, -0.2) is 34.5 Å². The Hall–Kier alpha value is -1.00. The summed E-state index contributed by atoms with van der Waals surface area (Å²) in [5.74, 6) is 1.32. The molecule has 2 N–H and O–H groups in total. The summed E-state index contributed by atoms with van der Waals surface area (Å²) in [7, 11) is 1.86. The summed E-state index contributed by atoms with van der Waals surface area (Å²) in [6.45, 7) is 1.72. The average molecular weight is 282 g/mol. The highest BCUT2D eigenvalue weighted by molar-refractivity contribution is 6.31. The molecule has 1 saturated carbocycles. The van der Waals surface area contributed by atoms with Crippen molar-refractivity contribution in [3.05, 3.63) is 23.0 Å². The minimum absolute atomic E-state index is 0.0948. The van der Waals surface area contributed by atoms with Gasteiger partial charge in [0.05, 0.1) is 5.02 Å². The molecule has 0 radical (unpaired) electrons. The second-order valence-electron chi connectivity index (χ2n) is 5.96. The van der Waals surface area contributed by atoms with Crippen LogP contribution >= 0.6 is 11.6 Å². The second kappa shape index (κ2) is 4.84. The van der Waals surface area contributed by atoms with Crippen LogP contribution in [0.2, 0.25) is 5.02 Å². The number of halogens is 1. The number of fused-ring (bicyclic) bond motifs is 1. The van der Waals surface area contributed by atoms with E-state index in [-0.39, 0.29) is 5.91 Å². The normalized spacial score (nSPS) is 30.5. The lowest BCUT2D eigenvalue weighted by atomic mass is 9.79. The van der Waals surface area contributed by atoms with Crippen molar-refractivity contribution in [1.82, 2.24) is 9.47 Å². The molecule has 1 aliphatic heterocycles. The van der Waals surface area contributed by atoms with Gasteiger partial charge in [-0.05, 0) is 37.2 Å². The van der Waals surface area contributed by atoms with E-state index in [9.17, 15) is 4.79 Å². The van der Waals surface area contributed by atoms with Gasteiger partial charge < -0.3 is 15.2 Å². The maximum atomic E-state index is 12.5. The van der Waals surface area contributed by atoms with Crippen molar-refractivity contribution in [2.75, 3.05) is 13.1 Å². The number of aromatic nitrogens is 1. The summed E-state index contributed by atoms with van der Waals surface area (Å²) < 4.78 is 1.80. The average Bonchev–Trinajstić information content (AvgIpc) is 2.91. The minimum atomic E-state index is 0.0948. The molecule has 1 aromatic heterocycles. The van der Waals surface area contributed by atoms with E-state index in [1.54, 1.807) is 16.8 Å². The first-order valence-corrected chi connectivity index (χ1v) is 7.29. The first kappa shape index (κ1) is 13.0. The lowest BCUT2D eigenvalue weighted by Crippen LogP contribution is -2.32. The van der Waals surface area contributed by atoms with Crippen LogP contribution in [0, 0.1) is 11.8 Å². The van der Waals surface area contributed by atoms with Crippen molar-refractivity contribution in [3.63, 3.8) is 0 Å². The van der Waals surface area contributed by atoms with Gasteiger partial charge in [0.25, 0.3) is 5.91 Å². The molecule has 1 unspecified atom stereocenters. The molecular weight excluding hydrogens is 262 g/mol. The Balaban J connectivity index is 1.74. The van der Waals surface area contributed by atoms with E-state index in [1.165, 1.54) is 0 Å². The van der Waals surface area contributed by atoms with E-state index >= 15 is 0 Å². The lowest BCUT2D eigenvalue weighted by molar-refractivity contribution is 0.0774. The Labute approximate surface area is 118 Å². The Morgan fingerprint density at radius 1 is 1.37 bits per heavy atom. The van der Waals surface area contributed by atoms with Crippen LogP contribution in [0.15, 0.2) is 12.3 Å². The molecule has 1 aromatic rings. The highest BCUT2D eigenvalue weighted by atomic mass is 35.5. The standard InChI is InChI=1S/C14H20ClN3O/c1-17-8-11(15)5-13(17)14(19)18-6-9-2-3-12(16)4-10(9)7-18/h5,8-10,12H,2-4,6-7,16H2,1H3/t9-,10+,12?/m1/s1. The van der Waals surface area contributed by atoms with Crippen molar-refractivity contribution in [2.24, 2.45) is 24.6 Å². The van der Waals surface area contributed by atoms with Gasteiger partial charge in [-0.25, -0.2) is 0 Å². The highest BCUT2D eigenvalue weighted by Crippen LogP contribution is 2.36. The smallest absolute Gasteiger partial charge is 0.270 e. The van der Waals surface area contributed by atoms with Crippen molar-refractivity contribution in [1.29, 1.82) is 0 Å². The Morgan fingerprint density at radius 2 is 2.11 bits per heavy atom. The SMILES string of the molecule is Cn1cc(Cl)cc1C(=O)N1C[C@H]2CCC(N)C[C@H]2C1. The number of hydrogen-bond acceptors (Lipinski definition) is 2. The molecule has 2 heterocycles. The molecule has 0 bridgehead atoms. The van der Waals surface area contributed by atoms with Crippen molar-refractivity contribution in [3.8, 4) is 0 Å². The van der Waals surface area contributed by atoms with Crippen LogP contribution in [0.25, 0.3) is 0 Å². The van der Waals surface area contributed by atoms with Crippen LogP contribution in [0.4, 0.5) is 0 Å². The van der Waals surface area contributed by atoms with Crippen LogP contribution in [0.1, 0.15) is 29.8 Å². The van der Waals surface area contributed by atoms with E-state index in [2.05, 4.69) is 0 Å². The van der Waals surface area contributed by atoms with Crippen molar-refractivity contribution < 1.29 is 4.79 Å². The Kier molecular flexibility index (Phi) is 3.31. The number of rotatable bonds is 1. The van der Waals surface area contributed by atoms with Crippen LogP contribution < -0.4 is 5.73 Å². The zero-order valence-corrected chi connectivity index (χ0v) is 11.9. The van der Waals surface area contributed by atoms with E-state index in [0.717, 1.165) is 32.4 Å². The second-order valence-corrected chi connectivity index (χ2v) is 6.39. The Morgan fingerprint density at radius 3 is 2.79 bits per heavy atom. The maximum absolute atomic E-state index is 12.5. The van der Waals surface area contributed by atoms with Crippen molar-refractivity contribution >= 4 is 17.5 Å². The fourth-order valence-electron chi connectivity index (χ4n) is 3.53. The van der Waals surface area contributed by atoms with E-state index < -0.39 is 0 Å². The summed E-state index contributed by atoms with van der Waals surface area (Å²) in [6, 6.07) is 2.07. The number of carbonyl (C=O) groups excluding carboxylic acids is 1. The van der Waals surface area contributed by atoms with Gasteiger partial charge in [-0.15, -0.1) is 0 Å². The predicted molar refractivity (Wildman–Crippen MR) is 75.1 cm³/mol. The van der Waals surface area contributed by atoms with E-state index in [1.807, 2.05) is 11.9 Å². The predicted octanol–water partition coefficient (Wildman–Crippen LogP) is 1.88. The molecule has 4 nitrogen and oxygen atoms in total. The summed E-state index contributed by atoms with van der Waals surface area (Å²) in [6.07, 6.45) is 5.08. The topological polar surface area (TPSA) is 51.3 Å². The minimum Gasteiger partial charge on any atom is -0.345 e. The van der Waals surface area contributed by atoms with Gasteiger partial charge in [-0.1, -0.05) is 11.6 Å². The number of amides is 1. The fraction of sp³-hybridized carbons (Fsp3) is 0.643. The molecule has 1 amide bonds. The third-order valence-electron chi connectivity index (χ3n) is 4.57. The number of carbonyl (C=O) groups is 1. The first-order chi connectivity index (χ1) is 9.04. The zero-order chi connectivity index (χ0) is 13.6. The largest absolute Gasteiger partial charge is 0.345 e. The summed E-state index contributed by atoms with van der Waals surface area (Å²) in [4.78, 5) is 14.5. The summed E-state index contributed by atoms with van der Waals surface area (Å²) in [5, 5.41) is 0.615. The van der Waals surface area contributed by atoms with Gasteiger partial charge in [0, 0.05) is 32.4 Å². The van der Waals surface area contributed by atoms with Crippen LogP contribution in [0.3, 0.4) is 0 Å². The van der Waals surface area contributed by atoms with Crippen LogP contribution in [-0.2, 0) is 7.05 Å². The van der Waals surface area contributed by atoms with Gasteiger partial charge in [0.1, 0.15) is 5.69 Å². The van der Waals surface area contributed by atoms with Gasteiger partial charge in [0.15, 0.2) is 0 Å². The zero-order valence-electron chi connectivity index (χ0n) is 11.2. The molecule has 19 heavy (non-hydrogen) atoms. The van der Waals surface area contributed by atoms with Crippen molar-refractivity contribution in [2.45, 2.75) is 25.3 Å². The first-order valence-electron chi connectivity index (χ1n) is 6.91. The Bertz CT molecular complexity index is 499. The molecule has 0 spiro atoms. The molecule has 1 aliphatic carbocycles. The number of hydrogen-bond donors (Lipinski definition) is 1. The molecule has 1 saturated heterocycles. The number of nitrogens with zero attached hydrogens (tertiary/aromatic N) is 2. The third kappa shape index (κ3) is 2.39. The molecular formula is C14H20ClN3O. The number of aryl methyl sites for hydroxylation is 1. The fourth-order valence-corrected chi connectivity index (χ4v) is 3.78. The van der Waals surface area contributed by atoms with Gasteiger partial charge in [-0.3, -0.25) is 4.79 Å². The lowest BCUT2D eigenvalue weighted by Gasteiger charge is -2.27. The molecule has 3 rings (SSSR count). The van der Waals surface area contributed by atoms with Crippen LogP contribution in [0.5, 0.6) is 0 Å². The third-order valence-corrected chi connectivity index (χ3v) is 4.77. The maximum Gasteiger partial charge on any atom is 0.270 e. The van der Waals surface area contributed by atoms with E-state index in [4.69, 9.17) is 17.3 Å². The number of nitrogens with two attached hydrogens (primary N) is 1. The molecule has 2 fully saturated rings. The van der Waals surface area contributed by atoms with Gasteiger partial charge >= 0.3 is 0 Å². The quantitative estimate of drug-likeness (QED) is 0.854. The molecule has 3 atom stereocenters.